The molecule has 158 valence electrons. The zero-order valence-corrected chi connectivity index (χ0v) is 19.4. The summed E-state index contributed by atoms with van der Waals surface area (Å²) < 4.78 is 7.95. The van der Waals surface area contributed by atoms with Crippen molar-refractivity contribution in [3.8, 4) is 5.75 Å². The Morgan fingerprint density at radius 2 is 1.44 bits per heavy atom. The van der Waals surface area contributed by atoms with E-state index in [0.717, 1.165) is 40.0 Å². The number of halogens is 1. The molecule has 2 aliphatic rings. The molecule has 1 unspecified atom stereocenters. The Morgan fingerprint density at radius 3 is 2.19 bits per heavy atom. The maximum atomic E-state index is 6.89. The molecule has 6 rings (SSSR count). The van der Waals surface area contributed by atoms with Gasteiger partial charge in [-0.25, -0.2) is 0 Å². The summed E-state index contributed by atoms with van der Waals surface area (Å²) in [5.74, 6) is 0.915. The van der Waals surface area contributed by atoms with Crippen molar-refractivity contribution < 1.29 is 4.74 Å². The van der Waals surface area contributed by atoms with Crippen molar-refractivity contribution >= 4 is 38.5 Å². The first-order valence-electron chi connectivity index (χ1n) is 11.2. The molecule has 2 aliphatic heterocycles. The van der Waals surface area contributed by atoms with Gasteiger partial charge in [-0.1, -0.05) is 70.5 Å². The first-order chi connectivity index (χ1) is 15.7. The van der Waals surface area contributed by atoms with Crippen LogP contribution in [-0.2, 0) is 5.60 Å². The molecular formula is C29H24BrNO. The summed E-state index contributed by atoms with van der Waals surface area (Å²) in [5, 5.41) is 2.45. The molecule has 1 atom stereocenters. The van der Waals surface area contributed by atoms with Crippen LogP contribution in [0.4, 0.5) is 5.69 Å². The standard InChI is InChI=1S/C29H24BrNO/c30-24-12-8-22(9-13-24)29(23-10-14-25(15-11-23)31-19-3-4-20-31)18-17-27-26-6-2-1-5-21(26)7-16-28(27)32-29/h1-2,5-18H,3-4,19-20H2. The maximum absolute atomic E-state index is 6.89. The van der Waals surface area contributed by atoms with Gasteiger partial charge in [-0.15, -0.1) is 0 Å². The number of anilines is 1. The average Bonchev–Trinajstić information content (AvgIpc) is 3.39. The van der Waals surface area contributed by atoms with Crippen molar-refractivity contribution in [3.63, 3.8) is 0 Å². The Hall–Kier alpha value is -3.04. The second-order valence-electron chi connectivity index (χ2n) is 8.62. The van der Waals surface area contributed by atoms with Gasteiger partial charge in [-0.3, -0.25) is 0 Å². The van der Waals surface area contributed by atoms with Crippen LogP contribution in [0.25, 0.3) is 16.8 Å². The van der Waals surface area contributed by atoms with Crippen molar-refractivity contribution in [2.75, 3.05) is 18.0 Å². The molecule has 1 fully saturated rings. The SMILES string of the molecule is Brc1ccc(C2(c3ccc(N4CCCC4)cc3)C=Cc3c(ccc4ccccc34)O2)cc1. The average molecular weight is 482 g/mol. The van der Waals surface area contributed by atoms with Crippen LogP contribution in [0.5, 0.6) is 5.75 Å². The van der Waals surface area contributed by atoms with Crippen LogP contribution < -0.4 is 9.64 Å². The van der Waals surface area contributed by atoms with Gasteiger partial charge in [-0.05, 0) is 66.1 Å². The van der Waals surface area contributed by atoms with Crippen molar-refractivity contribution in [2.45, 2.75) is 18.4 Å². The van der Waals surface area contributed by atoms with Crippen molar-refractivity contribution in [1.82, 2.24) is 0 Å². The van der Waals surface area contributed by atoms with Crippen molar-refractivity contribution in [2.24, 2.45) is 0 Å². The van der Waals surface area contributed by atoms with Gasteiger partial charge in [0.2, 0.25) is 0 Å². The molecule has 2 nitrogen and oxygen atoms in total. The summed E-state index contributed by atoms with van der Waals surface area (Å²) in [6.07, 6.45) is 7.01. The van der Waals surface area contributed by atoms with Crippen molar-refractivity contribution in [1.29, 1.82) is 0 Å². The third-order valence-corrected chi connectivity index (χ3v) is 7.26. The fraction of sp³-hybridized carbons (Fsp3) is 0.172. The Bertz CT molecular complexity index is 1300. The number of benzene rings is 4. The van der Waals surface area contributed by atoms with E-state index in [9.17, 15) is 0 Å². The lowest BCUT2D eigenvalue weighted by atomic mass is 9.83. The quantitative estimate of drug-likeness (QED) is 0.299. The summed E-state index contributed by atoms with van der Waals surface area (Å²) in [6.45, 7) is 2.29. The second kappa shape index (κ2) is 7.83. The molecule has 32 heavy (non-hydrogen) atoms. The van der Waals surface area contributed by atoms with E-state index in [1.807, 2.05) is 0 Å². The fourth-order valence-electron chi connectivity index (χ4n) is 5.01. The lowest BCUT2D eigenvalue weighted by Gasteiger charge is -2.36. The summed E-state index contributed by atoms with van der Waals surface area (Å²) >= 11 is 3.58. The van der Waals surface area contributed by atoms with Gasteiger partial charge in [0.05, 0.1) is 0 Å². The van der Waals surface area contributed by atoms with E-state index in [2.05, 4.69) is 118 Å². The molecule has 0 N–H and O–H groups in total. The summed E-state index contributed by atoms with van der Waals surface area (Å²) in [6, 6.07) is 30.1. The number of hydrogen-bond donors (Lipinski definition) is 0. The molecule has 0 aliphatic carbocycles. The van der Waals surface area contributed by atoms with Gasteiger partial charge < -0.3 is 9.64 Å². The minimum absolute atomic E-state index is 0.667. The Labute approximate surface area is 197 Å². The van der Waals surface area contributed by atoms with Gasteiger partial charge >= 0.3 is 0 Å². The highest BCUT2D eigenvalue weighted by atomic mass is 79.9. The number of rotatable bonds is 3. The molecule has 0 amide bonds. The lowest BCUT2D eigenvalue weighted by Crippen LogP contribution is -2.34. The summed E-state index contributed by atoms with van der Waals surface area (Å²) in [4.78, 5) is 2.47. The Balaban J connectivity index is 1.48. The topological polar surface area (TPSA) is 12.5 Å². The van der Waals surface area contributed by atoms with E-state index in [4.69, 9.17) is 4.74 Å². The predicted octanol–water partition coefficient (Wildman–Crippen LogP) is 7.55. The van der Waals surface area contributed by atoms with Gasteiger partial charge in [0.15, 0.2) is 5.60 Å². The van der Waals surface area contributed by atoms with Gasteiger partial charge in [0.1, 0.15) is 5.75 Å². The molecule has 0 radical (unpaired) electrons. The molecular weight excluding hydrogens is 458 g/mol. The van der Waals surface area contributed by atoms with Crippen LogP contribution in [0, 0.1) is 0 Å². The molecule has 1 saturated heterocycles. The lowest BCUT2D eigenvalue weighted by molar-refractivity contribution is 0.161. The normalized spacial score (nSPS) is 19.7. The third kappa shape index (κ3) is 3.23. The monoisotopic (exact) mass is 481 g/mol. The molecule has 2 heterocycles. The van der Waals surface area contributed by atoms with Gasteiger partial charge in [0.25, 0.3) is 0 Å². The van der Waals surface area contributed by atoms with E-state index in [1.54, 1.807) is 0 Å². The second-order valence-corrected chi connectivity index (χ2v) is 9.53. The first-order valence-corrected chi connectivity index (χ1v) is 12.0. The largest absolute Gasteiger partial charge is 0.473 e. The van der Waals surface area contributed by atoms with Crippen molar-refractivity contribution in [3.05, 3.63) is 112 Å². The van der Waals surface area contributed by atoms with E-state index in [1.165, 1.54) is 29.3 Å². The number of fused-ring (bicyclic) bond motifs is 3. The zero-order valence-electron chi connectivity index (χ0n) is 17.8. The van der Waals surface area contributed by atoms with Crippen LogP contribution in [0.15, 0.2) is 95.5 Å². The smallest absolute Gasteiger partial charge is 0.178 e. The van der Waals surface area contributed by atoms with Crippen LogP contribution in [-0.4, -0.2) is 13.1 Å². The van der Waals surface area contributed by atoms with Gasteiger partial charge in [0, 0.05) is 39.9 Å². The number of ether oxygens (including phenoxy) is 1. The number of nitrogens with zero attached hydrogens (tertiary/aromatic N) is 1. The molecule has 0 spiro atoms. The zero-order chi connectivity index (χ0) is 21.5. The predicted molar refractivity (Wildman–Crippen MR) is 136 cm³/mol. The highest BCUT2D eigenvalue weighted by Crippen LogP contribution is 2.44. The first kappa shape index (κ1) is 19.6. The maximum Gasteiger partial charge on any atom is 0.178 e. The summed E-state index contributed by atoms with van der Waals surface area (Å²) in [7, 11) is 0. The van der Waals surface area contributed by atoms with Crippen LogP contribution >= 0.6 is 15.9 Å². The highest BCUT2D eigenvalue weighted by molar-refractivity contribution is 9.10. The molecule has 4 aromatic rings. The van der Waals surface area contributed by atoms with Crippen LogP contribution in [0.3, 0.4) is 0 Å². The van der Waals surface area contributed by atoms with E-state index < -0.39 is 5.60 Å². The number of hydrogen-bond acceptors (Lipinski definition) is 2. The minimum atomic E-state index is -0.667. The Morgan fingerprint density at radius 1 is 0.750 bits per heavy atom. The van der Waals surface area contributed by atoms with E-state index in [0.29, 0.717) is 0 Å². The summed E-state index contributed by atoms with van der Waals surface area (Å²) in [5.41, 5.74) is 4.02. The molecule has 0 aromatic heterocycles. The molecule has 3 heteroatoms. The third-order valence-electron chi connectivity index (χ3n) is 6.73. The molecule has 0 bridgehead atoms. The Kier molecular flexibility index (Phi) is 4.80. The minimum Gasteiger partial charge on any atom is -0.473 e. The van der Waals surface area contributed by atoms with E-state index >= 15 is 0 Å². The van der Waals surface area contributed by atoms with Crippen LogP contribution in [0.1, 0.15) is 29.5 Å². The fourth-order valence-corrected chi connectivity index (χ4v) is 5.28. The molecule has 0 saturated carbocycles. The van der Waals surface area contributed by atoms with Crippen LogP contribution in [0.2, 0.25) is 0 Å². The molecule has 4 aromatic carbocycles. The highest BCUT2D eigenvalue weighted by Gasteiger charge is 2.37. The van der Waals surface area contributed by atoms with Gasteiger partial charge in [-0.2, -0.15) is 0 Å². The van der Waals surface area contributed by atoms with E-state index in [-0.39, 0.29) is 0 Å².